The largest absolute Gasteiger partial charge is 0.342 e. The third kappa shape index (κ3) is 3.96. The molecule has 2 saturated heterocycles. The molecule has 168 valence electrons. The molecule has 0 saturated carbocycles. The maximum absolute atomic E-state index is 13.2. The van der Waals surface area contributed by atoms with E-state index in [9.17, 15) is 9.59 Å². The molecule has 0 atom stereocenters. The van der Waals surface area contributed by atoms with Crippen molar-refractivity contribution in [1.82, 2.24) is 14.4 Å². The number of benzene rings is 1. The van der Waals surface area contributed by atoms with Crippen molar-refractivity contribution in [2.75, 3.05) is 26.2 Å². The molecule has 0 unspecified atom stereocenters. The smallest absolute Gasteiger partial charge is 0.263 e. The number of rotatable bonds is 3. The molecule has 5 nitrogen and oxygen atoms in total. The molecule has 2 aliphatic rings. The lowest BCUT2D eigenvalue weighted by Gasteiger charge is -2.36. The molecule has 6 heteroatoms. The Morgan fingerprint density at radius 3 is 2.34 bits per heavy atom. The van der Waals surface area contributed by atoms with Crippen molar-refractivity contribution in [3.05, 3.63) is 53.0 Å². The van der Waals surface area contributed by atoms with Gasteiger partial charge in [0.1, 0.15) is 5.00 Å². The molecule has 5 rings (SSSR count). The minimum Gasteiger partial charge on any atom is -0.342 e. The van der Waals surface area contributed by atoms with E-state index in [-0.39, 0.29) is 11.8 Å². The van der Waals surface area contributed by atoms with Crippen LogP contribution in [0.2, 0.25) is 0 Å². The van der Waals surface area contributed by atoms with Gasteiger partial charge in [-0.2, -0.15) is 0 Å². The Morgan fingerprint density at radius 2 is 1.59 bits per heavy atom. The lowest BCUT2D eigenvalue weighted by molar-refractivity contribution is -0.138. The molecule has 2 amide bonds. The summed E-state index contributed by atoms with van der Waals surface area (Å²) in [6.07, 6.45) is 3.77. The zero-order chi connectivity index (χ0) is 22.2. The van der Waals surface area contributed by atoms with Gasteiger partial charge < -0.3 is 14.4 Å². The normalized spacial score (nSPS) is 18.4. The monoisotopic (exact) mass is 449 g/mol. The average molecular weight is 450 g/mol. The van der Waals surface area contributed by atoms with Gasteiger partial charge in [0.15, 0.2) is 0 Å². The highest BCUT2D eigenvalue weighted by atomic mass is 32.1. The minimum atomic E-state index is 0.0697. The van der Waals surface area contributed by atoms with Crippen molar-refractivity contribution >= 4 is 34.1 Å². The van der Waals surface area contributed by atoms with Crippen LogP contribution in [0.15, 0.2) is 42.5 Å². The number of thiophene rings is 1. The summed E-state index contributed by atoms with van der Waals surface area (Å²) in [5.41, 5.74) is 2.33. The van der Waals surface area contributed by atoms with Gasteiger partial charge in [-0.05, 0) is 62.8 Å². The van der Waals surface area contributed by atoms with E-state index in [0.717, 1.165) is 60.1 Å². The predicted molar refractivity (Wildman–Crippen MR) is 129 cm³/mol. The number of carbonyl (C=O) groups excluding carboxylic acids is 2. The van der Waals surface area contributed by atoms with Crippen LogP contribution in [0.5, 0.6) is 0 Å². The van der Waals surface area contributed by atoms with E-state index in [1.807, 2.05) is 23.1 Å². The number of para-hydroxylation sites is 1. The van der Waals surface area contributed by atoms with Gasteiger partial charge >= 0.3 is 0 Å². The van der Waals surface area contributed by atoms with Gasteiger partial charge in [0.25, 0.3) is 5.91 Å². The zero-order valence-corrected chi connectivity index (χ0v) is 19.7. The highest BCUT2D eigenvalue weighted by molar-refractivity contribution is 7.16. The van der Waals surface area contributed by atoms with Crippen molar-refractivity contribution in [2.45, 2.75) is 39.5 Å². The molecule has 0 radical (unpaired) electrons. The third-order valence-electron chi connectivity index (χ3n) is 7.14. The number of amides is 2. The summed E-state index contributed by atoms with van der Waals surface area (Å²) < 4.78 is 2.22. The summed E-state index contributed by atoms with van der Waals surface area (Å²) >= 11 is 1.55. The van der Waals surface area contributed by atoms with E-state index in [4.69, 9.17) is 0 Å². The Kier molecular flexibility index (Phi) is 5.80. The van der Waals surface area contributed by atoms with Crippen LogP contribution in [0, 0.1) is 18.8 Å². The Hall–Kier alpha value is -2.60. The molecule has 2 aromatic heterocycles. The number of nitrogens with zero attached hydrogens (tertiary/aromatic N) is 3. The molecule has 3 aromatic rings. The van der Waals surface area contributed by atoms with Crippen LogP contribution in [0.25, 0.3) is 15.9 Å². The van der Waals surface area contributed by atoms with Crippen LogP contribution >= 0.6 is 11.3 Å². The Bertz CT molecular complexity index is 1130. The fourth-order valence-electron chi connectivity index (χ4n) is 5.12. The lowest BCUT2D eigenvalue weighted by Crippen LogP contribution is -2.46. The predicted octanol–water partition coefficient (Wildman–Crippen LogP) is 5.11. The molecule has 0 N–H and O–H groups in total. The fourth-order valence-corrected chi connectivity index (χ4v) is 6.17. The Labute approximate surface area is 193 Å². The number of piperidine rings is 2. The van der Waals surface area contributed by atoms with Crippen molar-refractivity contribution in [3.8, 4) is 5.00 Å². The molecule has 0 aliphatic carbocycles. The SMILES string of the molecule is Cc1cc2ccccc2n1-c1ccc(C(=O)N2CCC(C(=O)N3CCC(C)CC3)CC2)s1. The Morgan fingerprint density at radius 1 is 0.906 bits per heavy atom. The Balaban J connectivity index is 1.24. The van der Waals surface area contributed by atoms with E-state index in [2.05, 4.69) is 47.6 Å². The van der Waals surface area contributed by atoms with Crippen LogP contribution in [0.3, 0.4) is 0 Å². The second-order valence-electron chi connectivity index (χ2n) is 9.39. The number of hydrogen-bond acceptors (Lipinski definition) is 3. The van der Waals surface area contributed by atoms with E-state index in [0.29, 0.717) is 19.0 Å². The van der Waals surface area contributed by atoms with Crippen LogP contribution in [0.1, 0.15) is 48.0 Å². The molecular formula is C26H31N3O2S. The molecule has 0 bridgehead atoms. The van der Waals surface area contributed by atoms with E-state index < -0.39 is 0 Å². The third-order valence-corrected chi connectivity index (χ3v) is 8.20. The van der Waals surface area contributed by atoms with E-state index in [1.165, 1.54) is 11.1 Å². The second kappa shape index (κ2) is 8.74. The number of fused-ring (bicyclic) bond motifs is 1. The van der Waals surface area contributed by atoms with Crippen LogP contribution < -0.4 is 0 Å². The molecule has 2 fully saturated rings. The van der Waals surface area contributed by atoms with Crippen molar-refractivity contribution in [3.63, 3.8) is 0 Å². The van der Waals surface area contributed by atoms with Crippen molar-refractivity contribution in [1.29, 1.82) is 0 Å². The minimum absolute atomic E-state index is 0.0697. The highest BCUT2D eigenvalue weighted by Crippen LogP contribution is 2.30. The first-order valence-electron chi connectivity index (χ1n) is 11.8. The number of carbonyl (C=O) groups is 2. The van der Waals surface area contributed by atoms with Gasteiger partial charge in [-0.3, -0.25) is 9.59 Å². The van der Waals surface area contributed by atoms with Crippen LogP contribution in [-0.2, 0) is 4.79 Å². The van der Waals surface area contributed by atoms with Crippen molar-refractivity contribution in [2.24, 2.45) is 11.8 Å². The first kappa shape index (κ1) is 21.3. The summed E-state index contributed by atoms with van der Waals surface area (Å²) in [7, 11) is 0. The maximum Gasteiger partial charge on any atom is 0.263 e. The lowest BCUT2D eigenvalue weighted by atomic mass is 9.92. The van der Waals surface area contributed by atoms with Gasteiger partial charge in [-0.15, -0.1) is 11.3 Å². The molecule has 1 aromatic carbocycles. The van der Waals surface area contributed by atoms with Gasteiger partial charge in [0.2, 0.25) is 5.91 Å². The first-order valence-corrected chi connectivity index (χ1v) is 12.6. The average Bonchev–Trinajstić information content (AvgIpc) is 3.42. The van der Waals surface area contributed by atoms with Gasteiger partial charge in [-0.25, -0.2) is 0 Å². The molecule has 32 heavy (non-hydrogen) atoms. The topological polar surface area (TPSA) is 45.6 Å². The highest BCUT2D eigenvalue weighted by Gasteiger charge is 2.32. The summed E-state index contributed by atoms with van der Waals surface area (Å²) in [5.74, 6) is 1.19. The quantitative estimate of drug-likeness (QED) is 0.558. The summed E-state index contributed by atoms with van der Waals surface area (Å²) in [4.78, 5) is 30.8. The zero-order valence-electron chi connectivity index (χ0n) is 18.9. The standard InChI is InChI=1S/C26H31N3O2S/c1-18-9-13-27(14-10-18)25(30)20-11-15-28(16-12-20)26(31)23-7-8-24(32-23)29-19(2)17-21-5-3-4-6-22(21)29/h3-8,17-18,20H,9-16H2,1-2H3. The van der Waals surface area contributed by atoms with E-state index >= 15 is 0 Å². The first-order chi connectivity index (χ1) is 15.5. The number of likely N-dealkylation sites (tertiary alicyclic amines) is 2. The molecule has 2 aliphatic heterocycles. The van der Waals surface area contributed by atoms with Gasteiger partial charge in [0.05, 0.1) is 10.4 Å². The number of aryl methyl sites for hydroxylation is 1. The maximum atomic E-state index is 13.2. The molecular weight excluding hydrogens is 418 g/mol. The number of hydrogen-bond donors (Lipinski definition) is 0. The van der Waals surface area contributed by atoms with Gasteiger partial charge in [0, 0.05) is 43.2 Å². The summed E-state index contributed by atoms with van der Waals surface area (Å²) in [6.45, 7) is 7.49. The summed E-state index contributed by atoms with van der Waals surface area (Å²) in [6, 6.07) is 14.5. The summed E-state index contributed by atoms with van der Waals surface area (Å²) in [5, 5.41) is 2.28. The second-order valence-corrected chi connectivity index (χ2v) is 10.5. The van der Waals surface area contributed by atoms with Crippen LogP contribution in [0.4, 0.5) is 0 Å². The van der Waals surface area contributed by atoms with E-state index in [1.54, 1.807) is 11.3 Å². The van der Waals surface area contributed by atoms with Gasteiger partial charge in [-0.1, -0.05) is 25.1 Å². The molecule has 4 heterocycles. The fraction of sp³-hybridized carbons (Fsp3) is 0.462. The molecule has 0 spiro atoms. The van der Waals surface area contributed by atoms with Crippen LogP contribution in [-0.4, -0.2) is 52.4 Å². The van der Waals surface area contributed by atoms with Crippen molar-refractivity contribution < 1.29 is 9.59 Å². The number of aromatic nitrogens is 1.